The van der Waals surface area contributed by atoms with Crippen LogP contribution in [0.5, 0.6) is 0 Å². The Labute approximate surface area is 141 Å². The van der Waals surface area contributed by atoms with Crippen LogP contribution in [-0.2, 0) is 4.74 Å². The molecular formula is C18H22N2O2S. The number of hydrogen-bond acceptors (Lipinski definition) is 3. The first kappa shape index (κ1) is 16.1. The van der Waals surface area contributed by atoms with Gasteiger partial charge in [-0.3, -0.25) is 0 Å². The highest BCUT2D eigenvalue weighted by molar-refractivity contribution is 8.00. The number of carbonyl (C=O) groups is 1. The van der Waals surface area contributed by atoms with E-state index in [9.17, 15) is 4.79 Å². The Balaban J connectivity index is 1.64. The number of carbonyl (C=O) groups excluding carboxylic acids is 1. The standard InChI is InChI=1S/C18H22N2O2S/c1-23-18(9-11-22-12-10-18)13-19-17(21)20-16-8-4-6-14-5-2-3-7-15(14)16/h2-8H,9-13H2,1H3,(H2,19,20,21). The van der Waals surface area contributed by atoms with Crippen LogP contribution in [0, 0.1) is 0 Å². The van der Waals surface area contributed by atoms with Crippen LogP contribution in [0.25, 0.3) is 10.8 Å². The summed E-state index contributed by atoms with van der Waals surface area (Å²) in [6.07, 6.45) is 4.06. The summed E-state index contributed by atoms with van der Waals surface area (Å²) >= 11 is 1.82. The lowest BCUT2D eigenvalue weighted by Crippen LogP contribution is -2.45. The van der Waals surface area contributed by atoms with Crippen molar-refractivity contribution in [2.75, 3.05) is 31.3 Å². The van der Waals surface area contributed by atoms with Crippen LogP contribution in [0.3, 0.4) is 0 Å². The normalized spacial score (nSPS) is 16.9. The second kappa shape index (κ2) is 7.23. The predicted molar refractivity (Wildman–Crippen MR) is 97.3 cm³/mol. The van der Waals surface area contributed by atoms with Crippen molar-refractivity contribution in [1.82, 2.24) is 5.32 Å². The maximum atomic E-state index is 12.3. The highest BCUT2D eigenvalue weighted by Gasteiger charge is 2.32. The summed E-state index contributed by atoms with van der Waals surface area (Å²) in [7, 11) is 0. The van der Waals surface area contributed by atoms with Crippen molar-refractivity contribution in [2.24, 2.45) is 0 Å². The molecule has 1 saturated heterocycles. The first-order chi connectivity index (χ1) is 11.2. The summed E-state index contributed by atoms with van der Waals surface area (Å²) in [5.41, 5.74) is 0.839. The zero-order chi connectivity index (χ0) is 16.1. The van der Waals surface area contributed by atoms with Crippen LogP contribution < -0.4 is 10.6 Å². The predicted octanol–water partition coefficient (Wildman–Crippen LogP) is 3.87. The molecule has 1 fully saturated rings. The quantitative estimate of drug-likeness (QED) is 0.894. The van der Waals surface area contributed by atoms with Gasteiger partial charge in [-0.05, 0) is 30.6 Å². The van der Waals surface area contributed by atoms with Gasteiger partial charge >= 0.3 is 6.03 Å². The molecule has 0 aliphatic carbocycles. The highest BCUT2D eigenvalue weighted by Crippen LogP contribution is 2.33. The van der Waals surface area contributed by atoms with E-state index in [0.717, 1.165) is 42.5 Å². The van der Waals surface area contributed by atoms with Crippen LogP contribution in [0.1, 0.15) is 12.8 Å². The maximum Gasteiger partial charge on any atom is 0.319 e. The number of ether oxygens (including phenoxy) is 1. The molecule has 0 unspecified atom stereocenters. The van der Waals surface area contributed by atoms with E-state index in [1.54, 1.807) is 0 Å². The maximum absolute atomic E-state index is 12.3. The largest absolute Gasteiger partial charge is 0.381 e. The Morgan fingerprint density at radius 1 is 1.17 bits per heavy atom. The van der Waals surface area contributed by atoms with E-state index in [1.165, 1.54) is 0 Å². The molecule has 122 valence electrons. The van der Waals surface area contributed by atoms with E-state index in [0.29, 0.717) is 6.54 Å². The van der Waals surface area contributed by atoms with Crippen LogP contribution in [0.4, 0.5) is 10.5 Å². The third-order valence-corrected chi connectivity index (χ3v) is 5.86. The SMILES string of the molecule is CSC1(CNC(=O)Nc2cccc3ccccc23)CCOCC1. The Bertz CT molecular complexity index is 678. The minimum absolute atomic E-state index is 0.0916. The molecular weight excluding hydrogens is 308 g/mol. The van der Waals surface area contributed by atoms with Gasteiger partial charge in [0.1, 0.15) is 0 Å². The van der Waals surface area contributed by atoms with E-state index in [2.05, 4.69) is 16.9 Å². The third-order valence-electron chi connectivity index (χ3n) is 4.45. The average molecular weight is 330 g/mol. The van der Waals surface area contributed by atoms with Gasteiger partial charge in [-0.25, -0.2) is 4.79 Å². The summed E-state index contributed by atoms with van der Waals surface area (Å²) in [5.74, 6) is 0. The highest BCUT2D eigenvalue weighted by atomic mass is 32.2. The fourth-order valence-corrected chi connectivity index (χ4v) is 3.73. The minimum atomic E-state index is -0.152. The van der Waals surface area contributed by atoms with Crippen LogP contribution >= 0.6 is 11.8 Å². The van der Waals surface area contributed by atoms with E-state index in [4.69, 9.17) is 4.74 Å². The van der Waals surface area contributed by atoms with Crippen molar-refractivity contribution in [3.05, 3.63) is 42.5 Å². The molecule has 2 aromatic carbocycles. The van der Waals surface area contributed by atoms with Gasteiger partial charge in [0.15, 0.2) is 0 Å². The van der Waals surface area contributed by atoms with E-state index in [1.807, 2.05) is 54.2 Å². The van der Waals surface area contributed by atoms with Crippen molar-refractivity contribution < 1.29 is 9.53 Å². The van der Waals surface area contributed by atoms with Crippen molar-refractivity contribution >= 4 is 34.3 Å². The monoisotopic (exact) mass is 330 g/mol. The number of urea groups is 1. The number of fused-ring (bicyclic) bond motifs is 1. The molecule has 1 aliphatic rings. The Kier molecular flexibility index (Phi) is 5.08. The summed E-state index contributed by atoms with van der Waals surface area (Å²) in [6, 6.07) is 13.8. The third kappa shape index (κ3) is 3.79. The second-order valence-electron chi connectivity index (χ2n) is 5.83. The number of amides is 2. The molecule has 2 aromatic rings. The van der Waals surface area contributed by atoms with Gasteiger partial charge in [-0.15, -0.1) is 0 Å². The molecule has 1 aliphatic heterocycles. The fourth-order valence-electron chi connectivity index (χ4n) is 2.94. The molecule has 0 spiro atoms. The lowest BCUT2D eigenvalue weighted by atomic mass is 9.99. The molecule has 3 rings (SSSR count). The molecule has 2 N–H and O–H groups in total. The summed E-state index contributed by atoms with van der Waals surface area (Å²) < 4.78 is 5.53. The van der Waals surface area contributed by atoms with E-state index < -0.39 is 0 Å². The summed E-state index contributed by atoms with van der Waals surface area (Å²) in [4.78, 5) is 12.3. The van der Waals surface area contributed by atoms with Crippen molar-refractivity contribution in [3.8, 4) is 0 Å². The lowest BCUT2D eigenvalue weighted by molar-refractivity contribution is 0.0778. The Hall–Kier alpha value is -1.72. The number of benzene rings is 2. The number of anilines is 1. The van der Waals surface area contributed by atoms with Gasteiger partial charge in [-0.1, -0.05) is 36.4 Å². The summed E-state index contributed by atoms with van der Waals surface area (Å²) in [6.45, 7) is 2.20. The van der Waals surface area contributed by atoms with Crippen molar-refractivity contribution in [1.29, 1.82) is 0 Å². The topological polar surface area (TPSA) is 50.4 Å². The smallest absolute Gasteiger partial charge is 0.319 e. The number of thioether (sulfide) groups is 1. The van der Waals surface area contributed by atoms with Gasteiger partial charge in [0.2, 0.25) is 0 Å². The zero-order valence-corrected chi connectivity index (χ0v) is 14.1. The van der Waals surface area contributed by atoms with Gasteiger partial charge in [0.05, 0.1) is 5.69 Å². The first-order valence-electron chi connectivity index (χ1n) is 7.88. The molecule has 4 nitrogen and oxygen atoms in total. The van der Waals surface area contributed by atoms with E-state index in [-0.39, 0.29) is 10.8 Å². The van der Waals surface area contributed by atoms with E-state index >= 15 is 0 Å². The molecule has 2 amide bonds. The van der Waals surface area contributed by atoms with Gasteiger partial charge < -0.3 is 15.4 Å². The second-order valence-corrected chi connectivity index (χ2v) is 7.11. The Morgan fingerprint density at radius 3 is 2.70 bits per heavy atom. The van der Waals surface area contributed by atoms with Gasteiger partial charge in [-0.2, -0.15) is 11.8 Å². The average Bonchev–Trinajstić information content (AvgIpc) is 2.61. The Morgan fingerprint density at radius 2 is 1.91 bits per heavy atom. The van der Waals surface area contributed by atoms with Crippen LogP contribution in [0.2, 0.25) is 0 Å². The molecule has 5 heteroatoms. The van der Waals surface area contributed by atoms with Crippen molar-refractivity contribution in [3.63, 3.8) is 0 Å². The minimum Gasteiger partial charge on any atom is -0.381 e. The molecule has 0 saturated carbocycles. The number of hydrogen-bond donors (Lipinski definition) is 2. The van der Waals surface area contributed by atoms with Crippen LogP contribution in [0.15, 0.2) is 42.5 Å². The molecule has 0 atom stereocenters. The lowest BCUT2D eigenvalue weighted by Gasteiger charge is -2.35. The molecule has 0 aromatic heterocycles. The van der Waals surface area contributed by atoms with Crippen LogP contribution in [-0.4, -0.2) is 36.8 Å². The summed E-state index contributed by atoms with van der Waals surface area (Å²) in [5, 5.41) is 8.18. The number of rotatable bonds is 4. The first-order valence-corrected chi connectivity index (χ1v) is 9.10. The molecule has 23 heavy (non-hydrogen) atoms. The van der Waals surface area contributed by atoms with Gasteiger partial charge in [0.25, 0.3) is 0 Å². The van der Waals surface area contributed by atoms with Gasteiger partial charge in [0, 0.05) is 29.9 Å². The fraction of sp³-hybridized carbons (Fsp3) is 0.389. The zero-order valence-electron chi connectivity index (χ0n) is 13.3. The molecule has 0 bridgehead atoms. The number of nitrogens with one attached hydrogen (secondary N) is 2. The molecule has 1 heterocycles. The van der Waals surface area contributed by atoms with Crippen molar-refractivity contribution in [2.45, 2.75) is 17.6 Å². The molecule has 0 radical (unpaired) electrons.